The maximum absolute atomic E-state index is 12.9. The van der Waals surface area contributed by atoms with Gasteiger partial charge in [-0.2, -0.15) is 0 Å². The summed E-state index contributed by atoms with van der Waals surface area (Å²) < 4.78 is 0. The summed E-state index contributed by atoms with van der Waals surface area (Å²) in [6.45, 7) is 8.25. The monoisotopic (exact) mass is 375 g/mol. The van der Waals surface area contributed by atoms with Crippen molar-refractivity contribution < 1.29 is 4.79 Å². The molecule has 1 N–H and O–H groups in total. The second-order valence-electron chi connectivity index (χ2n) is 7.77. The zero-order valence-corrected chi connectivity index (χ0v) is 16.4. The number of nitrogens with zero attached hydrogens (tertiary/aromatic N) is 2. The fourth-order valence-corrected chi connectivity index (χ4v) is 4.56. The Hall–Kier alpha value is -2.59. The Morgan fingerprint density at radius 2 is 1.89 bits per heavy atom. The number of carbonyl (C=O) groups excluding carboxylic acids is 1. The summed E-state index contributed by atoms with van der Waals surface area (Å²) >= 11 is 0. The van der Waals surface area contributed by atoms with Crippen LogP contribution >= 0.6 is 0 Å². The van der Waals surface area contributed by atoms with Crippen LogP contribution in [0.15, 0.2) is 67.3 Å². The summed E-state index contributed by atoms with van der Waals surface area (Å²) in [6, 6.07) is 19.4. The number of nitrogens with one attached hydrogen (secondary N) is 1. The molecule has 146 valence electrons. The second-order valence-corrected chi connectivity index (χ2v) is 7.77. The highest BCUT2D eigenvalue weighted by Gasteiger charge is 2.41. The van der Waals surface area contributed by atoms with E-state index in [1.165, 1.54) is 16.8 Å². The van der Waals surface area contributed by atoms with Crippen LogP contribution in [0.4, 0.5) is 5.69 Å². The van der Waals surface area contributed by atoms with Gasteiger partial charge in [-0.3, -0.25) is 9.69 Å². The molecule has 2 aliphatic heterocycles. The van der Waals surface area contributed by atoms with Crippen LogP contribution in [-0.4, -0.2) is 49.6 Å². The average Bonchev–Trinajstić information content (AvgIpc) is 2.76. The van der Waals surface area contributed by atoms with E-state index >= 15 is 0 Å². The van der Waals surface area contributed by atoms with E-state index in [1.807, 2.05) is 0 Å². The van der Waals surface area contributed by atoms with E-state index in [0.29, 0.717) is 6.54 Å². The van der Waals surface area contributed by atoms with Gasteiger partial charge in [0.1, 0.15) is 0 Å². The normalized spacial score (nSPS) is 21.5. The number of fused-ring (bicyclic) bond motifs is 3. The van der Waals surface area contributed by atoms with Gasteiger partial charge < -0.3 is 10.2 Å². The Balaban J connectivity index is 1.50. The zero-order chi connectivity index (χ0) is 19.3. The van der Waals surface area contributed by atoms with Crippen LogP contribution in [0.1, 0.15) is 11.1 Å². The number of carbonyl (C=O) groups is 1. The molecule has 1 amide bonds. The molecule has 2 atom stereocenters. The van der Waals surface area contributed by atoms with Crippen LogP contribution in [0.3, 0.4) is 0 Å². The molecule has 2 aromatic rings. The number of amides is 1. The summed E-state index contributed by atoms with van der Waals surface area (Å²) in [5.74, 6) is 0.128. The minimum Gasteiger partial charge on any atom is -0.365 e. The lowest BCUT2D eigenvalue weighted by Gasteiger charge is -2.49. The maximum Gasteiger partial charge on any atom is 0.225 e. The topological polar surface area (TPSA) is 35.6 Å². The molecular formula is C24H29N3O. The largest absolute Gasteiger partial charge is 0.365 e. The van der Waals surface area contributed by atoms with E-state index in [2.05, 4.69) is 76.3 Å². The van der Waals surface area contributed by atoms with Crippen LogP contribution in [0.5, 0.6) is 0 Å². The lowest BCUT2D eigenvalue weighted by molar-refractivity contribution is -0.126. The Labute approximate surface area is 167 Å². The molecule has 28 heavy (non-hydrogen) atoms. The minimum atomic E-state index is -0.0191. The number of hydrogen-bond acceptors (Lipinski definition) is 3. The van der Waals surface area contributed by atoms with Gasteiger partial charge in [0.05, 0.1) is 12.0 Å². The van der Waals surface area contributed by atoms with Crippen molar-refractivity contribution in [2.24, 2.45) is 5.92 Å². The number of anilines is 1. The second kappa shape index (κ2) is 8.61. The predicted molar refractivity (Wildman–Crippen MR) is 115 cm³/mol. The summed E-state index contributed by atoms with van der Waals surface area (Å²) in [4.78, 5) is 17.9. The highest BCUT2D eigenvalue weighted by molar-refractivity contribution is 5.82. The van der Waals surface area contributed by atoms with Crippen molar-refractivity contribution in [3.8, 4) is 0 Å². The first-order valence-electron chi connectivity index (χ1n) is 10.3. The van der Waals surface area contributed by atoms with Gasteiger partial charge in [0.25, 0.3) is 0 Å². The van der Waals surface area contributed by atoms with Gasteiger partial charge in [0, 0.05) is 38.4 Å². The molecule has 0 unspecified atom stereocenters. The third-order valence-electron chi connectivity index (χ3n) is 6.02. The molecule has 0 radical (unpaired) electrons. The standard InChI is InChI=1S/C24H29N3O/c1-2-13-25-24(28)21-17-20-10-6-7-11-22(20)27-16-15-26(18-23(21)27)14-12-19-8-4-3-5-9-19/h2-11,21,23H,1,12-18H2,(H,25,28)/t21-,23-/m0/s1. The van der Waals surface area contributed by atoms with Gasteiger partial charge >= 0.3 is 0 Å². The third kappa shape index (κ3) is 3.97. The van der Waals surface area contributed by atoms with Crippen molar-refractivity contribution in [1.29, 1.82) is 0 Å². The van der Waals surface area contributed by atoms with Gasteiger partial charge in [-0.05, 0) is 30.0 Å². The van der Waals surface area contributed by atoms with Gasteiger partial charge in [0.2, 0.25) is 5.91 Å². The van der Waals surface area contributed by atoms with Gasteiger partial charge in [-0.15, -0.1) is 6.58 Å². The van der Waals surface area contributed by atoms with Crippen LogP contribution in [0, 0.1) is 5.92 Å². The Bertz CT molecular complexity index is 820. The van der Waals surface area contributed by atoms with Crippen molar-refractivity contribution in [2.45, 2.75) is 18.9 Å². The number of hydrogen-bond donors (Lipinski definition) is 1. The Morgan fingerprint density at radius 1 is 1.11 bits per heavy atom. The van der Waals surface area contributed by atoms with Gasteiger partial charge in [-0.25, -0.2) is 0 Å². The molecule has 2 aliphatic rings. The first-order chi connectivity index (χ1) is 13.8. The van der Waals surface area contributed by atoms with E-state index in [-0.39, 0.29) is 17.9 Å². The highest BCUT2D eigenvalue weighted by Crippen LogP contribution is 2.35. The molecule has 2 heterocycles. The molecule has 1 fully saturated rings. The van der Waals surface area contributed by atoms with Crippen molar-refractivity contribution in [2.75, 3.05) is 37.6 Å². The van der Waals surface area contributed by atoms with Crippen LogP contribution in [0.2, 0.25) is 0 Å². The fourth-order valence-electron chi connectivity index (χ4n) is 4.56. The maximum atomic E-state index is 12.9. The molecule has 0 bridgehead atoms. The van der Waals surface area contributed by atoms with Crippen molar-refractivity contribution in [3.63, 3.8) is 0 Å². The summed E-state index contributed by atoms with van der Waals surface area (Å²) in [7, 11) is 0. The number of piperazine rings is 1. The van der Waals surface area contributed by atoms with Crippen LogP contribution in [-0.2, 0) is 17.6 Å². The molecule has 4 nitrogen and oxygen atoms in total. The van der Waals surface area contributed by atoms with Gasteiger partial charge in [-0.1, -0.05) is 54.6 Å². The first kappa shape index (κ1) is 18.8. The zero-order valence-electron chi connectivity index (χ0n) is 16.4. The van der Waals surface area contributed by atoms with E-state index in [9.17, 15) is 4.79 Å². The van der Waals surface area contributed by atoms with Crippen LogP contribution < -0.4 is 10.2 Å². The smallest absolute Gasteiger partial charge is 0.225 e. The molecule has 4 heteroatoms. The molecule has 0 aromatic heterocycles. The quantitative estimate of drug-likeness (QED) is 0.789. The Kier molecular flexibility index (Phi) is 5.77. The molecule has 2 aromatic carbocycles. The third-order valence-corrected chi connectivity index (χ3v) is 6.02. The molecule has 0 aliphatic carbocycles. The Morgan fingerprint density at radius 3 is 2.71 bits per heavy atom. The first-order valence-corrected chi connectivity index (χ1v) is 10.3. The fraction of sp³-hybridized carbons (Fsp3) is 0.375. The average molecular weight is 376 g/mol. The van der Waals surface area contributed by atoms with Gasteiger partial charge in [0.15, 0.2) is 0 Å². The minimum absolute atomic E-state index is 0.0191. The van der Waals surface area contributed by atoms with Crippen LogP contribution in [0.25, 0.3) is 0 Å². The summed E-state index contributed by atoms with van der Waals surface area (Å²) in [5, 5.41) is 3.04. The molecule has 0 saturated carbocycles. The molecule has 0 spiro atoms. The summed E-state index contributed by atoms with van der Waals surface area (Å²) in [5.41, 5.74) is 3.97. The van der Waals surface area contributed by atoms with Crippen molar-refractivity contribution in [3.05, 3.63) is 78.4 Å². The van der Waals surface area contributed by atoms with E-state index in [0.717, 1.165) is 39.0 Å². The van der Waals surface area contributed by atoms with E-state index in [4.69, 9.17) is 0 Å². The molecule has 1 saturated heterocycles. The number of benzene rings is 2. The lowest BCUT2D eigenvalue weighted by atomic mass is 9.83. The van der Waals surface area contributed by atoms with E-state index in [1.54, 1.807) is 6.08 Å². The van der Waals surface area contributed by atoms with Crippen molar-refractivity contribution >= 4 is 11.6 Å². The predicted octanol–water partition coefficient (Wildman–Crippen LogP) is 2.89. The number of rotatable bonds is 6. The SMILES string of the molecule is C=CCNC(=O)[C@H]1Cc2ccccc2N2CCN(CCc3ccccc3)C[C@@H]12. The molecule has 4 rings (SSSR count). The van der Waals surface area contributed by atoms with E-state index < -0.39 is 0 Å². The highest BCUT2D eigenvalue weighted by atomic mass is 16.1. The summed E-state index contributed by atoms with van der Waals surface area (Å²) in [6.07, 6.45) is 3.61. The lowest BCUT2D eigenvalue weighted by Crippen LogP contribution is -2.61. The molecular weight excluding hydrogens is 346 g/mol. The van der Waals surface area contributed by atoms with Crippen molar-refractivity contribution in [1.82, 2.24) is 10.2 Å². The number of para-hydroxylation sites is 1.